The Morgan fingerprint density at radius 1 is 1.44 bits per heavy atom. The van der Waals surface area contributed by atoms with Crippen molar-refractivity contribution in [3.63, 3.8) is 0 Å². The summed E-state index contributed by atoms with van der Waals surface area (Å²) in [5.74, 6) is 0.262. The number of rotatable bonds is 5. The lowest BCUT2D eigenvalue weighted by Crippen LogP contribution is -2.30. The van der Waals surface area contributed by atoms with E-state index in [2.05, 4.69) is 19.2 Å². The Bertz CT molecular complexity index is 280. The first-order valence-corrected chi connectivity index (χ1v) is 6.76. The summed E-state index contributed by atoms with van der Waals surface area (Å²) in [7, 11) is 0. The van der Waals surface area contributed by atoms with E-state index in [0.717, 1.165) is 11.4 Å². The highest BCUT2D eigenvalue weighted by atomic mass is 32.1. The van der Waals surface area contributed by atoms with Crippen molar-refractivity contribution in [2.24, 2.45) is 0 Å². The summed E-state index contributed by atoms with van der Waals surface area (Å²) < 4.78 is 0. The van der Waals surface area contributed by atoms with Gasteiger partial charge in [-0.05, 0) is 18.4 Å². The van der Waals surface area contributed by atoms with Gasteiger partial charge in [-0.15, -0.1) is 11.3 Å². The van der Waals surface area contributed by atoms with Crippen LogP contribution in [0.4, 0.5) is 0 Å². The second kappa shape index (κ2) is 8.48. The summed E-state index contributed by atoms with van der Waals surface area (Å²) in [6.07, 6.45) is 0. The van der Waals surface area contributed by atoms with Crippen LogP contribution in [-0.4, -0.2) is 18.4 Å². The average molecular weight is 241 g/mol. The fraction of sp³-hybridized carbons (Fsp3) is 0.615. The quantitative estimate of drug-likeness (QED) is 0.855. The lowest BCUT2D eigenvalue weighted by atomic mass is 10.0. The van der Waals surface area contributed by atoms with Crippen molar-refractivity contribution < 1.29 is 4.79 Å². The van der Waals surface area contributed by atoms with E-state index in [0.29, 0.717) is 6.04 Å². The van der Waals surface area contributed by atoms with Crippen molar-refractivity contribution in [2.45, 2.75) is 46.6 Å². The van der Waals surface area contributed by atoms with Gasteiger partial charge in [-0.2, -0.15) is 0 Å². The molecule has 0 aliphatic carbocycles. The molecule has 0 radical (unpaired) electrons. The molecule has 1 heterocycles. The number of hydrogen-bond donors (Lipinski definition) is 1. The number of Topliss-reactive ketones (excluding diaryl/α,β-unsaturated/α-hetero) is 1. The molecular weight excluding hydrogens is 218 g/mol. The molecule has 1 aromatic heterocycles. The van der Waals surface area contributed by atoms with Gasteiger partial charge >= 0.3 is 0 Å². The summed E-state index contributed by atoms with van der Waals surface area (Å²) in [6, 6.07) is 4.45. The Balaban J connectivity index is 0.00000106. The first kappa shape index (κ1) is 15.3. The minimum Gasteiger partial charge on any atom is -0.313 e. The molecule has 0 aliphatic rings. The highest BCUT2D eigenvalue weighted by molar-refractivity contribution is 7.10. The molecule has 1 N–H and O–H groups in total. The van der Waals surface area contributed by atoms with Crippen LogP contribution >= 0.6 is 11.3 Å². The van der Waals surface area contributed by atoms with E-state index in [4.69, 9.17) is 0 Å². The average Bonchev–Trinajstić information content (AvgIpc) is 2.73. The zero-order valence-corrected chi connectivity index (χ0v) is 11.7. The van der Waals surface area contributed by atoms with Crippen LogP contribution in [0.3, 0.4) is 0 Å². The molecule has 0 bridgehead atoms. The van der Waals surface area contributed by atoms with Gasteiger partial charge < -0.3 is 5.32 Å². The van der Waals surface area contributed by atoms with Crippen LogP contribution in [0.1, 0.15) is 45.4 Å². The van der Waals surface area contributed by atoms with Gasteiger partial charge in [0.15, 0.2) is 0 Å². The van der Waals surface area contributed by atoms with Crippen LogP contribution in [-0.2, 0) is 4.79 Å². The molecule has 0 fully saturated rings. The molecule has 0 amide bonds. The van der Waals surface area contributed by atoms with Crippen molar-refractivity contribution >= 4 is 17.1 Å². The Labute approximate surface area is 103 Å². The highest BCUT2D eigenvalue weighted by Gasteiger charge is 2.17. The van der Waals surface area contributed by atoms with E-state index in [9.17, 15) is 4.79 Å². The number of hydrogen-bond acceptors (Lipinski definition) is 3. The second-order valence-electron chi connectivity index (χ2n) is 3.74. The summed E-state index contributed by atoms with van der Waals surface area (Å²) in [6.45, 7) is 10.6. The normalized spacial score (nSPS) is 11.9. The van der Waals surface area contributed by atoms with Crippen LogP contribution in [0.2, 0.25) is 0 Å². The molecule has 1 atom stereocenters. The topological polar surface area (TPSA) is 29.1 Å². The van der Waals surface area contributed by atoms with E-state index >= 15 is 0 Å². The van der Waals surface area contributed by atoms with Gasteiger partial charge in [0.1, 0.15) is 5.78 Å². The molecule has 3 heteroatoms. The first-order chi connectivity index (χ1) is 7.61. The van der Waals surface area contributed by atoms with Gasteiger partial charge in [-0.25, -0.2) is 0 Å². The number of carbonyl (C=O) groups is 1. The van der Waals surface area contributed by atoms with E-state index in [-0.39, 0.29) is 11.7 Å². The molecule has 0 aliphatic heterocycles. The minimum atomic E-state index is 0.0254. The third kappa shape index (κ3) is 5.42. The molecule has 0 spiro atoms. The predicted octanol–water partition coefficient (Wildman–Crippen LogP) is 3.44. The molecule has 1 unspecified atom stereocenters. The largest absolute Gasteiger partial charge is 0.313 e. The molecular formula is C13H23NOS. The lowest BCUT2D eigenvalue weighted by Gasteiger charge is -2.15. The minimum absolute atomic E-state index is 0.0254. The molecule has 1 aromatic rings. The van der Waals surface area contributed by atoms with Crippen molar-refractivity contribution in [1.82, 2.24) is 5.32 Å². The van der Waals surface area contributed by atoms with Gasteiger partial charge in [0, 0.05) is 17.5 Å². The number of carbonyl (C=O) groups excluding carboxylic acids is 1. The molecule has 0 aromatic carbocycles. The zero-order chi connectivity index (χ0) is 12.6. The summed E-state index contributed by atoms with van der Waals surface area (Å²) >= 11 is 1.65. The molecule has 1 rings (SSSR count). The molecule has 0 saturated carbocycles. The maximum atomic E-state index is 11.4. The predicted molar refractivity (Wildman–Crippen MR) is 72.2 cm³/mol. The van der Waals surface area contributed by atoms with Crippen LogP contribution in [0.25, 0.3) is 0 Å². The molecule has 16 heavy (non-hydrogen) atoms. The summed E-state index contributed by atoms with van der Waals surface area (Å²) in [5, 5.41) is 5.32. The van der Waals surface area contributed by atoms with Gasteiger partial charge in [0.05, 0.1) is 5.92 Å². The van der Waals surface area contributed by atoms with Gasteiger partial charge in [0.25, 0.3) is 0 Å². The van der Waals surface area contributed by atoms with Gasteiger partial charge in [-0.1, -0.05) is 33.8 Å². The second-order valence-corrected chi connectivity index (χ2v) is 4.72. The maximum Gasteiger partial charge on any atom is 0.139 e. The number of thiophene rings is 1. The Kier molecular flexibility index (Phi) is 8.12. The third-order valence-electron chi connectivity index (χ3n) is 2.11. The lowest BCUT2D eigenvalue weighted by molar-refractivity contribution is -0.118. The molecule has 92 valence electrons. The highest BCUT2D eigenvalue weighted by Crippen LogP contribution is 2.21. The third-order valence-corrected chi connectivity index (χ3v) is 3.09. The SMILES string of the molecule is CC.CC(=O)C(CNC(C)C)c1cccs1. The van der Waals surface area contributed by atoms with Crippen molar-refractivity contribution in [3.05, 3.63) is 22.4 Å². The van der Waals surface area contributed by atoms with Gasteiger partial charge in [0.2, 0.25) is 0 Å². The number of ketones is 1. The Morgan fingerprint density at radius 3 is 2.44 bits per heavy atom. The Morgan fingerprint density at radius 2 is 2.06 bits per heavy atom. The van der Waals surface area contributed by atoms with E-state index in [1.165, 1.54) is 0 Å². The van der Waals surface area contributed by atoms with Gasteiger partial charge in [-0.3, -0.25) is 4.79 Å². The van der Waals surface area contributed by atoms with Crippen molar-refractivity contribution in [2.75, 3.05) is 6.54 Å². The summed E-state index contributed by atoms with van der Waals surface area (Å²) in [5.41, 5.74) is 0. The van der Waals surface area contributed by atoms with E-state index < -0.39 is 0 Å². The molecule has 2 nitrogen and oxygen atoms in total. The monoisotopic (exact) mass is 241 g/mol. The van der Waals surface area contributed by atoms with Crippen LogP contribution in [0.15, 0.2) is 17.5 Å². The standard InChI is InChI=1S/C11H17NOS.C2H6/c1-8(2)12-7-10(9(3)13)11-5-4-6-14-11;1-2/h4-6,8,10,12H,7H2,1-3H3;1-2H3. The Hall–Kier alpha value is -0.670. The van der Waals surface area contributed by atoms with Crippen molar-refractivity contribution in [1.29, 1.82) is 0 Å². The first-order valence-electron chi connectivity index (χ1n) is 5.88. The summed E-state index contributed by atoms with van der Waals surface area (Å²) in [4.78, 5) is 12.6. The number of nitrogens with one attached hydrogen (secondary N) is 1. The fourth-order valence-electron chi connectivity index (χ4n) is 1.29. The molecule has 0 saturated heterocycles. The van der Waals surface area contributed by atoms with E-state index in [1.807, 2.05) is 31.4 Å². The van der Waals surface area contributed by atoms with Crippen LogP contribution in [0, 0.1) is 0 Å². The zero-order valence-electron chi connectivity index (χ0n) is 10.9. The van der Waals surface area contributed by atoms with Crippen LogP contribution in [0.5, 0.6) is 0 Å². The van der Waals surface area contributed by atoms with Crippen molar-refractivity contribution in [3.8, 4) is 0 Å². The smallest absolute Gasteiger partial charge is 0.139 e. The van der Waals surface area contributed by atoms with Crippen LogP contribution < -0.4 is 5.32 Å². The van der Waals surface area contributed by atoms with E-state index in [1.54, 1.807) is 18.3 Å². The fourth-order valence-corrected chi connectivity index (χ4v) is 2.17. The maximum absolute atomic E-state index is 11.4.